The van der Waals surface area contributed by atoms with E-state index in [2.05, 4.69) is 20.5 Å². The minimum Gasteiger partial charge on any atom is -0.480 e. The van der Waals surface area contributed by atoms with Crippen LogP contribution in [-0.2, 0) is 26.0 Å². The van der Waals surface area contributed by atoms with Crippen molar-refractivity contribution in [3.63, 3.8) is 0 Å². The predicted octanol–water partition coefficient (Wildman–Crippen LogP) is 4.33. The third-order valence-electron chi connectivity index (χ3n) is 8.61. The Morgan fingerprint density at radius 2 is 1.69 bits per heavy atom. The first-order valence-electron chi connectivity index (χ1n) is 15.5. The minimum absolute atomic E-state index is 0.0601. The number of hydrogen-bond acceptors (Lipinski definition) is 8. The Hall–Kier alpha value is -4.06. The molecule has 2 amide bonds. The summed E-state index contributed by atoms with van der Waals surface area (Å²) in [6, 6.07) is 11.2. The molecule has 3 atom stereocenters. The van der Waals surface area contributed by atoms with Crippen molar-refractivity contribution in [1.29, 1.82) is 5.26 Å². The summed E-state index contributed by atoms with van der Waals surface area (Å²) in [5.74, 6) is -2.56. The molecule has 12 nitrogen and oxygen atoms in total. The number of nitrogens with one attached hydrogen (secondary N) is 2. The summed E-state index contributed by atoms with van der Waals surface area (Å²) in [7, 11) is -4.21. The summed E-state index contributed by atoms with van der Waals surface area (Å²) < 4.78 is 29.0. The number of aromatic nitrogens is 1. The number of likely N-dealkylation sites (tertiary alicyclic amines) is 1. The molecule has 15 heteroatoms. The van der Waals surface area contributed by atoms with Crippen molar-refractivity contribution < 1.29 is 27.9 Å². The average molecular weight is 714 g/mol. The summed E-state index contributed by atoms with van der Waals surface area (Å²) in [6.45, 7) is 1.64. The number of halogens is 2. The molecule has 3 N–H and O–H groups in total. The Balaban J connectivity index is 1.32. The monoisotopic (exact) mass is 712 g/mol. The highest BCUT2D eigenvalue weighted by atomic mass is 35.5. The topological polar surface area (TPSA) is 173 Å². The first kappa shape index (κ1) is 35.3. The second-order valence-electron chi connectivity index (χ2n) is 11.8. The lowest BCUT2D eigenvalue weighted by molar-refractivity contribution is -0.142. The number of hydrogen-bond donors (Lipinski definition) is 3. The van der Waals surface area contributed by atoms with Gasteiger partial charge in [0.15, 0.2) is 0 Å². The van der Waals surface area contributed by atoms with Gasteiger partial charge >= 0.3 is 5.97 Å². The van der Waals surface area contributed by atoms with Crippen molar-refractivity contribution in [3.05, 3.63) is 87.7 Å². The number of benzene rings is 2. The van der Waals surface area contributed by atoms with Crippen LogP contribution in [0.25, 0.3) is 0 Å². The number of carbonyl (C=O) groups is 3. The molecule has 0 unspecified atom stereocenters. The number of rotatable bonds is 10. The van der Waals surface area contributed by atoms with Crippen molar-refractivity contribution in [2.45, 2.75) is 61.5 Å². The standard InChI is InChI=1S/C33H34Cl2N6O6S/c34-26-18-37-19-27(35)30(26)32(43)38-23-10-8-21(9-11-23)15-28(33(44)45)39-31(42)29-16-24(40-12-3-1-2-4-13-40)20-41(29)48(46,47)25-7-5-6-22(14-25)17-36/h5-11,14,18-19,24,28-29H,1-4,12-13,15-16,20H2,(H,38,43)(H,39,42)(H,44,45)/t24-,28+,29+/m1/s1. The molecule has 1 aromatic heterocycles. The van der Waals surface area contributed by atoms with E-state index in [0.717, 1.165) is 43.1 Å². The van der Waals surface area contributed by atoms with Gasteiger partial charge in [0.2, 0.25) is 15.9 Å². The van der Waals surface area contributed by atoms with Crippen LogP contribution in [0.4, 0.5) is 5.69 Å². The molecule has 5 rings (SSSR count). The molecule has 2 aliphatic heterocycles. The molecule has 2 fully saturated rings. The Morgan fingerprint density at radius 3 is 2.31 bits per heavy atom. The molecular formula is C33H34Cl2N6O6S. The van der Waals surface area contributed by atoms with E-state index in [-0.39, 0.29) is 51.5 Å². The minimum atomic E-state index is -4.21. The molecule has 0 spiro atoms. The molecule has 2 saturated heterocycles. The molecule has 0 bridgehead atoms. The third kappa shape index (κ3) is 8.14. The first-order valence-corrected chi connectivity index (χ1v) is 17.7. The molecule has 2 aliphatic rings. The summed E-state index contributed by atoms with van der Waals surface area (Å²) in [6.07, 6.45) is 6.80. The third-order valence-corrected chi connectivity index (χ3v) is 11.1. The van der Waals surface area contributed by atoms with Gasteiger partial charge in [-0.15, -0.1) is 0 Å². The number of nitrogens with zero attached hydrogens (tertiary/aromatic N) is 4. The van der Waals surface area contributed by atoms with Crippen molar-refractivity contribution in [1.82, 2.24) is 19.5 Å². The highest BCUT2D eigenvalue weighted by Gasteiger charge is 2.46. The summed E-state index contributed by atoms with van der Waals surface area (Å²) >= 11 is 12.1. The van der Waals surface area contributed by atoms with Crippen LogP contribution >= 0.6 is 23.2 Å². The Kier molecular flexibility index (Phi) is 11.3. The van der Waals surface area contributed by atoms with E-state index in [1.807, 2.05) is 6.07 Å². The maximum atomic E-state index is 13.9. The second-order valence-corrected chi connectivity index (χ2v) is 14.5. The van der Waals surface area contributed by atoms with Gasteiger partial charge in [-0.05, 0) is 68.2 Å². The molecular weight excluding hydrogens is 679 g/mol. The molecule has 0 radical (unpaired) electrons. The zero-order chi connectivity index (χ0) is 34.4. The normalized spacial score (nSPS) is 19.5. The van der Waals surface area contributed by atoms with Gasteiger partial charge in [0.05, 0.1) is 32.1 Å². The molecule has 0 aliphatic carbocycles. The predicted molar refractivity (Wildman–Crippen MR) is 179 cm³/mol. The van der Waals surface area contributed by atoms with Crippen molar-refractivity contribution in [2.24, 2.45) is 0 Å². The van der Waals surface area contributed by atoms with Gasteiger partial charge in [-0.2, -0.15) is 9.57 Å². The van der Waals surface area contributed by atoms with Crippen LogP contribution < -0.4 is 10.6 Å². The van der Waals surface area contributed by atoms with Gasteiger partial charge in [0.25, 0.3) is 5.91 Å². The maximum Gasteiger partial charge on any atom is 0.326 e. The number of carboxylic acid groups (broad SMARTS) is 1. The van der Waals surface area contributed by atoms with Crippen LogP contribution in [0.3, 0.4) is 0 Å². The Morgan fingerprint density at radius 1 is 1.02 bits per heavy atom. The zero-order valence-electron chi connectivity index (χ0n) is 25.8. The SMILES string of the molecule is N#Cc1cccc(S(=O)(=O)N2C[C@H](N3CCCCCC3)C[C@H]2C(=O)N[C@@H](Cc2ccc(NC(=O)c3c(Cl)cncc3Cl)cc2)C(=O)O)c1. The van der Waals surface area contributed by atoms with Crippen LogP contribution in [0.15, 0.2) is 65.8 Å². The Bertz CT molecular complexity index is 1810. The van der Waals surface area contributed by atoms with Gasteiger partial charge in [-0.1, -0.05) is 54.2 Å². The molecule has 0 saturated carbocycles. The lowest BCUT2D eigenvalue weighted by atomic mass is 10.0. The fourth-order valence-corrected chi connectivity index (χ4v) is 8.34. The molecule has 48 heavy (non-hydrogen) atoms. The van der Waals surface area contributed by atoms with Crippen molar-refractivity contribution in [2.75, 3.05) is 25.0 Å². The van der Waals surface area contributed by atoms with Crippen LogP contribution in [0.1, 0.15) is 53.6 Å². The van der Waals surface area contributed by atoms with E-state index < -0.39 is 39.9 Å². The van der Waals surface area contributed by atoms with E-state index in [0.29, 0.717) is 11.3 Å². The second kappa shape index (κ2) is 15.4. The number of amides is 2. The molecule has 252 valence electrons. The van der Waals surface area contributed by atoms with E-state index in [1.54, 1.807) is 24.3 Å². The number of pyridine rings is 1. The highest BCUT2D eigenvalue weighted by molar-refractivity contribution is 7.89. The zero-order valence-corrected chi connectivity index (χ0v) is 28.1. The number of nitriles is 1. The average Bonchev–Trinajstić information content (AvgIpc) is 3.35. The van der Waals surface area contributed by atoms with Crippen LogP contribution in [0.2, 0.25) is 10.0 Å². The van der Waals surface area contributed by atoms with Crippen LogP contribution in [0.5, 0.6) is 0 Å². The lowest BCUT2D eigenvalue weighted by Gasteiger charge is -2.27. The number of carbonyl (C=O) groups excluding carboxylic acids is 2. The smallest absolute Gasteiger partial charge is 0.326 e. The largest absolute Gasteiger partial charge is 0.480 e. The maximum absolute atomic E-state index is 13.9. The number of carboxylic acids is 1. The van der Waals surface area contributed by atoms with Crippen molar-refractivity contribution >= 4 is 56.7 Å². The number of anilines is 1. The summed E-state index contributed by atoms with van der Waals surface area (Å²) in [5.41, 5.74) is 1.18. The van der Waals surface area contributed by atoms with Gasteiger partial charge in [-0.25, -0.2) is 13.2 Å². The molecule has 2 aromatic carbocycles. The number of sulfonamides is 1. The van der Waals surface area contributed by atoms with Gasteiger partial charge in [-0.3, -0.25) is 19.5 Å². The van der Waals surface area contributed by atoms with Crippen LogP contribution in [0, 0.1) is 11.3 Å². The van der Waals surface area contributed by atoms with E-state index >= 15 is 0 Å². The van der Waals surface area contributed by atoms with E-state index in [9.17, 15) is 33.2 Å². The fourth-order valence-electron chi connectivity index (χ4n) is 6.12. The summed E-state index contributed by atoms with van der Waals surface area (Å²) in [4.78, 5) is 44.8. The molecule has 3 heterocycles. The Labute approximate surface area is 288 Å². The first-order chi connectivity index (χ1) is 23.0. The van der Waals surface area contributed by atoms with Gasteiger partial charge in [0, 0.05) is 37.1 Å². The lowest BCUT2D eigenvalue weighted by Crippen LogP contribution is -2.51. The summed E-state index contributed by atoms with van der Waals surface area (Å²) in [5, 5.41) is 24.8. The highest BCUT2D eigenvalue weighted by Crippen LogP contribution is 2.31. The van der Waals surface area contributed by atoms with E-state index in [4.69, 9.17) is 23.2 Å². The van der Waals surface area contributed by atoms with E-state index in [1.165, 1.54) is 36.7 Å². The van der Waals surface area contributed by atoms with Crippen LogP contribution in [-0.4, -0.2) is 83.3 Å². The van der Waals surface area contributed by atoms with Gasteiger partial charge in [0.1, 0.15) is 12.1 Å². The quantitative estimate of drug-likeness (QED) is 0.277. The van der Waals surface area contributed by atoms with Gasteiger partial charge < -0.3 is 15.7 Å². The number of aliphatic carboxylic acids is 1. The fraction of sp³-hybridized carbons (Fsp3) is 0.364. The van der Waals surface area contributed by atoms with Crippen molar-refractivity contribution in [3.8, 4) is 6.07 Å². The molecule has 3 aromatic rings.